The van der Waals surface area contributed by atoms with Gasteiger partial charge in [-0.2, -0.15) is 5.26 Å². The topological polar surface area (TPSA) is 28.7 Å². The zero-order chi connectivity index (χ0) is 32.5. The van der Waals surface area contributed by atoms with Crippen molar-refractivity contribution in [1.82, 2.24) is 4.57 Å². The average molecular weight is 621 g/mol. The summed E-state index contributed by atoms with van der Waals surface area (Å²) in [6.45, 7) is 0. The predicted molar refractivity (Wildman–Crippen MR) is 206 cm³/mol. The van der Waals surface area contributed by atoms with Crippen LogP contribution in [0.5, 0.6) is 0 Å². The second-order valence-electron chi connectivity index (χ2n) is 12.8. The van der Waals surface area contributed by atoms with Crippen molar-refractivity contribution < 1.29 is 0 Å². The fourth-order valence-electron chi connectivity index (χ4n) is 8.09. The third-order valence-corrected chi connectivity index (χ3v) is 10.2. The van der Waals surface area contributed by atoms with Crippen molar-refractivity contribution in [1.29, 1.82) is 5.26 Å². The Bertz CT molecular complexity index is 2930. The Morgan fingerprint density at radius 1 is 0.388 bits per heavy atom. The van der Waals surface area contributed by atoms with Gasteiger partial charge >= 0.3 is 0 Å². The molecule has 0 amide bonds. The van der Waals surface area contributed by atoms with Gasteiger partial charge in [-0.15, -0.1) is 0 Å². The van der Waals surface area contributed by atoms with E-state index in [4.69, 9.17) is 0 Å². The van der Waals surface area contributed by atoms with Gasteiger partial charge in [0.05, 0.1) is 22.7 Å². The van der Waals surface area contributed by atoms with Gasteiger partial charge in [0.25, 0.3) is 0 Å². The Labute approximate surface area is 283 Å². The smallest absolute Gasteiger partial charge is 0.0992 e. The first-order valence-electron chi connectivity index (χ1n) is 16.7. The third kappa shape index (κ3) is 4.07. The summed E-state index contributed by atoms with van der Waals surface area (Å²) in [5, 5.41) is 19.6. The zero-order valence-electron chi connectivity index (χ0n) is 26.6. The van der Waals surface area contributed by atoms with Gasteiger partial charge in [0, 0.05) is 16.5 Å². The summed E-state index contributed by atoms with van der Waals surface area (Å²) in [6.07, 6.45) is 0. The SMILES string of the molecule is N#Cc1cc2ccc3c(-c4ccc(-c5ccc(-c6ccccc6)c6ccccc56)c5ccccc45)ccc4c3c2c(c1)n4-c1ccccc1. The summed E-state index contributed by atoms with van der Waals surface area (Å²) in [5.41, 5.74) is 11.3. The molecule has 226 valence electrons. The highest BCUT2D eigenvalue weighted by Gasteiger charge is 2.21. The van der Waals surface area contributed by atoms with E-state index in [1.165, 1.54) is 71.1 Å². The van der Waals surface area contributed by atoms with Crippen LogP contribution in [0.15, 0.2) is 170 Å². The first kappa shape index (κ1) is 27.4. The Balaban J connectivity index is 1.22. The predicted octanol–water partition coefficient (Wildman–Crippen LogP) is 12.6. The largest absolute Gasteiger partial charge is 0.309 e. The van der Waals surface area contributed by atoms with Gasteiger partial charge in [-0.1, -0.05) is 140 Å². The monoisotopic (exact) mass is 620 g/mol. The highest BCUT2D eigenvalue weighted by Crippen LogP contribution is 2.46. The van der Waals surface area contributed by atoms with Crippen LogP contribution < -0.4 is 0 Å². The summed E-state index contributed by atoms with van der Waals surface area (Å²) >= 11 is 0. The first-order valence-corrected chi connectivity index (χ1v) is 16.7. The van der Waals surface area contributed by atoms with E-state index in [0.29, 0.717) is 5.56 Å². The molecule has 49 heavy (non-hydrogen) atoms. The minimum atomic E-state index is 0.668. The van der Waals surface area contributed by atoms with E-state index >= 15 is 0 Å². The number of nitrogens with zero attached hydrogens (tertiary/aromatic N) is 2. The summed E-state index contributed by atoms with van der Waals surface area (Å²) in [6, 6.07) is 63.3. The van der Waals surface area contributed by atoms with Crippen LogP contribution in [-0.4, -0.2) is 4.57 Å². The maximum atomic E-state index is 9.91. The molecule has 0 saturated heterocycles. The number of aromatic nitrogens is 1. The Morgan fingerprint density at radius 3 is 1.51 bits per heavy atom. The van der Waals surface area contributed by atoms with Crippen molar-refractivity contribution in [2.45, 2.75) is 0 Å². The van der Waals surface area contributed by atoms with E-state index in [0.717, 1.165) is 22.1 Å². The lowest BCUT2D eigenvalue weighted by Crippen LogP contribution is -1.93. The molecule has 9 aromatic carbocycles. The van der Waals surface area contributed by atoms with Gasteiger partial charge in [-0.25, -0.2) is 0 Å². The fourth-order valence-corrected chi connectivity index (χ4v) is 8.09. The average Bonchev–Trinajstić information content (AvgIpc) is 3.51. The molecule has 0 saturated carbocycles. The highest BCUT2D eigenvalue weighted by molar-refractivity contribution is 6.27. The Kier molecular flexibility index (Phi) is 5.97. The lowest BCUT2D eigenvalue weighted by molar-refractivity contribution is 1.18. The van der Waals surface area contributed by atoms with Crippen LogP contribution in [0, 0.1) is 11.3 Å². The van der Waals surface area contributed by atoms with Crippen molar-refractivity contribution in [3.05, 3.63) is 175 Å². The van der Waals surface area contributed by atoms with Gasteiger partial charge in [0.1, 0.15) is 0 Å². The lowest BCUT2D eigenvalue weighted by Gasteiger charge is -2.17. The highest BCUT2D eigenvalue weighted by atomic mass is 15.0. The second kappa shape index (κ2) is 10.7. The summed E-state index contributed by atoms with van der Waals surface area (Å²) in [5.74, 6) is 0. The molecule has 2 heteroatoms. The van der Waals surface area contributed by atoms with Gasteiger partial charge in [-0.05, 0) is 96.0 Å². The maximum absolute atomic E-state index is 9.91. The molecule has 10 rings (SSSR count). The zero-order valence-corrected chi connectivity index (χ0v) is 26.6. The molecule has 0 fully saturated rings. The molecule has 0 N–H and O–H groups in total. The van der Waals surface area contributed by atoms with Crippen molar-refractivity contribution in [2.24, 2.45) is 0 Å². The van der Waals surface area contributed by atoms with Crippen molar-refractivity contribution in [3.63, 3.8) is 0 Å². The molecular weight excluding hydrogens is 593 g/mol. The maximum Gasteiger partial charge on any atom is 0.0992 e. The molecule has 0 aliphatic heterocycles. The van der Waals surface area contributed by atoms with Crippen LogP contribution in [0.2, 0.25) is 0 Å². The van der Waals surface area contributed by atoms with Crippen molar-refractivity contribution in [3.8, 4) is 45.1 Å². The van der Waals surface area contributed by atoms with Crippen LogP contribution in [0.3, 0.4) is 0 Å². The van der Waals surface area contributed by atoms with Crippen LogP contribution >= 0.6 is 0 Å². The summed E-state index contributed by atoms with van der Waals surface area (Å²) < 4.78 is 2.31. The quantitative estimate of drug-likeness (QED) is 0.180. The van der Waals surface area contributed by atoms with E-state index < -0.39 is 0 Å². The molecule has 1 aromatic heterocycles. The molecule has 10 aromatic rings. The first-order chi connectivity index (χ1) is 24.3. The van der Waals surface area contributed by atoms with Crippen molar-refractivity contribution >= 4 is 54.1 Å². The standard InChI is InChI=1S/C47H28N2/c48-29-30-27-32-19-20-43-42(25-26-44-47(43)46(32)45(28-30)49(44)33-13-5-2-6-14-33)41-24-23-40(37-17-9-10-18-38(37)41)39-22-21-34(31-11-3-1-4-12-31)35-15-7-8-16-36(35)39/h1-28H. The number of nitriles is 1. The van der Waals surface area contributed by atoms with E-state index in [9.17, 15) is 5.26 Å². The van der Waals surface area contributed by atoms with Gasteiger partial charge < -0.3 is 4.57 Å². The normalized spacial score (nSPS) is 11.7. The number of benzene rings is 9. The molecular formula is C47H28N2. The Hall–Kier alpha value is -6.69. The third-order valence-electron chi connectivity index (χ3n) is 10.2. The van der Waals surface area contributed by atoms with Crippen molar-refractivity contribution in [2.75, 3.05) is 0 Å². The molecule has 0 radical (unpaired) electrons. The molecule has 0 unspecified atom stereocenters. The van der Waals surface area contributed by atoms with Crippen LogP contribution in [-0.2, 0) is 0 Å². The van der Waals surface area contributed by atoms with E-state index in [2.05, 4.69) is 162 Å². The minimum Gasteiger partial charge on any atom is -0.309 e. The molecule has 0 atom stereocenters. The van der Waals surface area contributed by atoms with E-state index in [1.54, 1.807) is 0 Å². The molecule has 2 nitrogen and oxygen atoms in total. The van der Waals surface area contributed by atoms with Crippen LogP contribution in [0.25, 0.3) is 93.2 Å². The Morgan fingerprint density at radius 2 is 0.898 bits per heavy atom. The number of hydrogen-bond donors (Lipinski definition) is 0. The van der Waals surface area contributed by atoms with Crippen LogP contribution in [0.1, 0.15) is 5.56 Å². The number of rotatable bonds is 4. The van der Waals surface area contributed by atoms with Gasteiger partial charge in [0.2, 0.25) is 0 Å². The van der Waals surface area contributed by atoms with Gasteiger partial charge in [-0.3, -0.25) is 0 Å². The fraction of sp³-hybridized carbons (Fsp3) is 0. The number of hydrogen-bond acceptors (Lipinski definition) is 1. The summed E-state index contributed by atoms with van der Waals surface area (Å²) in [4.78, 5) is 0. The molecule has 0 aliphatic rings. The van der Waals surface area contributed by atoms with E-state index in [-0.39, 0.29) is 0 Å². The summed E-state index contributed by atoms with van der Waals surface area (Å²) in [7, 11) is 0. The van der Waals surface area contributed by atoms with E-state index in [1.807, 2.05) is 18.2 Å². The number of fused-ring (bicyclic) bond motifs is 2. The lowest BCUT2D eigenvalue weighted by atomic mass is 9.87. The number of para-hydroxylation sites is 1. The van der Waals surface area contributed by atoms with Gasteiger partial charge in [0.15, 0.2) is 0 Å². The second-order valence-corrected chi connectivity index (χ2v) is 12.8. The molecule has 0 aliphatic carbocycles. The molecule has 0 spiro atoms. The molecule has 0 bridgehead atoms. The minimum absolute atomic E-state index is 0.668. The molecule has 1 heterocycles. The van der Waals surface area contributed by atoms with Crippen LogP contribution in [0.4, 0.5) is 0 Å².